The highest BCUT2D eigenvalue weighted by molar-refractivity contribution is 6.03. The molecule has 1 aromatic heterocycles. The number of carbonyl (C=O) groups excluding carboxylic acids is 2. The third-order valence-electron chi connectivity index (χ3n) is 4.45. The van der Waals surface area contributed by atoms with Gasteiger partial charge < -0.3 is 15.2 Å². The van der Waals surface area contributed by atoms with Gasteiger partial charge in [-0.15, -0.1) is 0 Å². The fourth-order valence-corrected chi connectivity index (χ4v) is 3.07. The van der Waals surface area contributed by atoms with Crippen LogP contribution in [-0.2, 0) is 11.2 Å². The van der Waals surface area contributed by atoms with E-state index in [1.54, 1.807) is 0 Å². The molecule has 0 fully saturated rings. The zero-order valence-corrected chi connectivity index (χ0v) is 13.8. The van der Waals surface area contributed by atoms with Gasteiger partial charge in [-0.1, -0.05) is 24.3 Å². The van der Waals surface area contributed by atoms with Crippen molar-refractivity contribution in [3.05, 3.63) is 59.8 Å². The number of rotatable bonds is 6. The van der Waals surface area contributed by atoms with E-state index in [0.717, 1.165) is 16.5 Å². The van der Waals surface area contributed by atoms with Gasteiger partial charge in [0.1, 0.15) is 22.8 Å². The number of hydrogen-bond acceptors (Lipinski definition) is 4. The van der Waals surface area contributed by atoms with Gasteiger partial charge in [0.15, 0.2) is 5.78 Å². The number of phenols is 2. The van der Waals surface area contributed by atoms with Gasteiger partial charge in [-0.25, -0.2) is 0 Å². The maximum Gasteiger partial charge on any atom is 0.171 e. The molecule has 0 bridgehead atoms. The second kappa shape index (κ2) is 6.81. The third-order valence-corrected chi connectivity index (χ3v) is 4.45. The molecule has 3 N–H and O–H groups in total. The summed E-state index contributed by atoms with van der Waals surface area (Å²) in [4.78, 5) is 27.7. The molecular weight excluding hydrogens is 318 g/mol. The van der Waals surface area contributed by atoms with Gasteiger partial charge in [-0.2, -0.15) is 0 Å². The first kappa shape index (κ1) is 16.8. The quantitative estimate of drug-likeness (QED) is 0.599. The highest BCUT2D eigenvalue weighted by Gasteiger charge is 2.24. The van der Waals surface area contributed by atoms with Gasteiger partial charge in [0.05, 0.1) is 0 Å². The number of aromatic nitrogens is 1. The molecule has 0 radical (unpaired) electrons. The predicted octanol–water partition coefficient (Wildman–Crippen LogP) is 3.60. The highest BCUT2D eigenvalue weighted by Crippen LogP contribution is 2.30. The van der Waals surface area contributed by atoms with Gasteiger partial charge in [0, 0.05) is 29.4 Å². The second-order valence-electron chi connectivity index (χ2n) is 6.17. The molecule has 0 aliphatic rings. The molecule has 2 aromatic carbocycles. The number of aromatic amines is 1. The van der Waals surface area contributed by atoms with Crippen LogP contribution < -0.4 is 0 Å². The van der Waals surface area contributed by atoms with Crippen LogP contribution in [0.5, 0.6) is 11.5 Å². The van der Waals surface area contributed by atoms with Crippen LogP contribution in [0.2, 0.25) is 0 Å². The normalized spacial score (nSPS) is 12.2. The van der Waals surface area contributed by atoms with Crippen molar-refractivity contribution in [2.75, 3.05) is 0 Å². The van der Waals surface area contributed by atoms with Crippen molar-refractivity contribution in [2.45, 2.75) is 19.8 Å². The van der Waals surface area contributed by atoms with E-state index < -0.39 is 11.7 Å². The van der Waals surface area contributed by atoms with Gasteiger partial charge in [-0.05, 0) is 37.1 Å². The minimum atomic E-state index is -0.522. The minimum absolute atomic E-state index is 0.0695. The van der Waals surface area contributed by atoms with Crippen LogP contribution >= 0.6 is 0 Å². The van der Waals surface area contributed by atoms with E-state index in [4.69, 9.17) is 0 Å². The molecule has 0 saturated carbocycles. The first-order chi connectivity index (χ1) is 12.0. The maximum absolute atomic E-state index is 12.5. The number of H-pyrrole nitrogens is 1. The largest absolute Gasteiger partial charge is 0.507 e. The number of phenolic OH excluding ortho intramolecular Hbond substituents is 2. The molecule has 0 amide bonds. The Bertz CT molecular complexity index is 922. The first-order valence-corrected chi connectivity index (χ1v) is 8.07. The van der Waals surface area contributed by atoms with E-state index in [9.17, 15) is 19.8 Å². The summed E-state index contributed by atoms with van der Waals surface area (Å²) in [7, 11) is 0. The standard InChI is InChI=1S/C20H19NO4/c1-12(22)13(9-14-11-21-16-6-3-2-5-15(14)16)10-19(25)20-17(23)7-4-8-18(20)24/h2-8,11,13,21,23-24H,9-10H2,1H3/t13-/m0/s1. The van der Waals surface area contributed by atoms with Crippen LogP contribution in [0.25, 0.3) is 10.9 Å². The molecule has 25 heavy (non-hydrogen) atoms. The summed E-state index contributed by atoms with van der Waals surface area (Å²) in [6, 6.07) is 11.9. The SMILES string of the molecule is CC(=O)[C@H](CC(=O)c1c(O)cccc1O)Cc1c[nH]c2ccccc12. The van der Waals surface area contributed by atoms with Crippen molar-refractivity contribution in [3.63, 3.8) is 0 Å². The molecule has 0 aliphatic heterocycles. The second-order valence-corrected chi connectivity index (χ2v) is 6.17. The van der Waals surface area contributed by atoms with Crippen molar-refractivity contribution < 1.29 is 19.8 Å². The van der Waals surface area contributed by atoms with Crippen LogP contribution in [0, 0.1) is 5.92 Å². The van der Waals surface area contributed by atoms with Crippen molar-refractivity contribution in [1.29, 1.82) is 0 Å². The topological polar surface area (TPSA) is 90.4 Å². The molecule has 128 valence electrons. The lowest BCUT2D eigenvalue weighted by Gasteiger charge is -2.14. The number of Topliss-reactive ketones (excluding diaryl/α,β-unsaturated/α-hetero) is 2. The summed E-state index contributed by atoms with van der Waals surface area (Å²) >= 11 is 0. The van der Waals surface area contributed by atoms with E-state index in [1.807, 2.05) is 30.5 Å². The number of ketones is 2. The lowest BCUT2D eigenvalue weighted by molar-refractivity contribution is -0.120. The fourth-order valence-electron chi connectivity index (χ4n) is 3.07. The summed E-state index contributed by atoms with van der Waals surface area (Å²) in [6.45, 7) is 1.46. The van der Waals surface area contributed by atoms with Crippen LogP contribution in [0.3, 0.4) is 0 Å². The Morgan fingerprint density at radius 1 is 1.04 bits per heavy atom. The van der Waals surface area contributed by atoms with Gasteiger partial charge in [0.2, 0.25) is 0 Å². The lowest BCUT2D eigenvalue weighted by atomic mass is 9.89. The molecule has 3 aromatic rings. The Balaban J connectivity index is 1.85. The Kier molecular flexibility index (Phi) is 4.57. The zero-order valence-electron chi connectivity index (χ0n) is 13.8. The predicted molar refractivity (Wildman–Crippen MR) is 94.9 cm³/mol. The summed E-state index contributed by atoms with van der Waals surface area (Å²) < 4.78 is 0. The fraction of sp³-hybridized carbons (Fsp3) is 0.200. The summed E-state index contributed by atoms with van der Waals surface area (Å²) in [5, 5.41) is 20.7. The monoisotopic (exact) mass is 337 g/mol. The molecular formula is C20H19NO4. The average molecular weight is 337 g/mol. The van der Waals surface area contributed by atoms with E-state index in [0.29, 0.717) is 6.42 Å². The number of aromatic hydroxyl groups is 2. The Morgan fingerprint density at radius 2 is 1.72 bits per heavy atom. The number of benzene rings is 2. The third kappa shape index (κ3) is 3.40. The van der Waals surface area contributed by atoms with E-state index in [2.05, 4.69) is 4.98 Å². The number of fused-ring (bicyclic) bond motifs is 1. The molecule has 0 unspecified atom stereocenters. The molecule has 0 aliphatic carbocycles. The van der Waals surface area contributed by atoms with E-state index in [-0.39, 0.29) is 29.3 Å². The molecule has 0 saturated heterocycles. The van der Waals surface area contributed by atoms with Crippen LogP contribution in [0.1, 0.15) is 29.3 Å². The number of hydrogen-bond donors (Lipinski definition) is 3. The highest BCUT2D eigenvalue weighted by atomic mass is 16.3. The van der Waals surface area contributed by atoms with Crippen LogP contribution in [0.15, 0.2) is 48.7 Å². The van der Waals surface area contributed by atoms with Crippen molar-refractivity contribution in [2.24, 2.45) is 5.92 Å². The molecule has 5 nitrogen and oxygen atoms in total. The lowest BCUT2D eigenvalue weighted by Crippen LogP contribution is -2.18. The van der Waals surface area contributed by atoms with Crippen LogP contribution in [0.4, 0.5) is 0 Å². The summed E-state index contributed by atoms with van der Waals surface area (Å²) in [5.41, 5.74) is 1.81. The van der Waals surface area contributed by atoms with Gasteiger partial charge in [-0.3, -0.25) is 9.59 Å². The van der Waals surface area contributed by atoms with Crippen molar-refractivity contribution in [3.8, 4) is 11.5 Å². The van der Waals surface area contributed by atoms with Gasteiger partial charge >= 0.3 is 0 Å². The van der Waals surface area contributed by atoms with Crippen LogP contribution in [-0.4, -0.2) is 26.8 Å². The first-order valence-electron chi connectivity index (χ1n) is 8.07. The van der Waals surface area contributed by atoms with E-state index >= 15 is 0 Å². The summed E-state index contributed by atoms with van der Waals surface area (Å²) in [5.74, 6) is -1.63. The Hall–Kier alpha value is -3.08. The molecule has 1 atom stereocenters. The van der Waals surface area contributed by atoms with E-state index in [1.165, 1.54) is 25.1 Å². The number of para-hydroxylation sites is 1. The molecule has 1 heterocycles. The molecule has 5 heteroatoms. The molecule has 3 rings (SSSR count). The Morgan fingerprint density at radius 3 is 2.40 bits per heavy atom. The average Bonchev–Trinajstić information content (AvgIpc) is 2.97. The minimum Gasteiger partial charge on any atom is -0.507 e. The number of nitrogens with one attached hydrogen (secondary N) is 1. The smallest absolute Gasteiger partial charge is 0.171 e. The van der Waals surface area contributed by atoms with Crippen molar-refractivity contribution >= 4 is 22.5 Å². The maximum atomic E-state index is 12.5. The molecule has 0 spiro atoms. The summed E-state index contributed by atoms with van der Waals surface area (Å²) in [6.07, 6.45) is 2.20. The van der Waals surface area contributed by atoms with Crippen molar-refractivity contribution in [1.82, 2.24) is 4.98 Å². The van der Waals surface area contributed by atoms with Gasteiger partial charge in [0.25, 0.3) is 0 Å². The zero-order chi connectivity index (χ0) is 18.0. The number of carbonyl (C=O) groups is 2. The Labute approximate surface area is 144 Å².